The second-order valence-electron chi connectivity index (χ2n) is 14.0. The molecule has 4 heterocycles. The van der Waals surface area contributed by atoms with Crippen LogP contribution in [0.4, 0.5) is 4.39 Å². The van der Waals surface area contributed by atoms with Crippen LogP contribution < -0.4 is 38.0 Å². The minimum absolute atomic E-state index is 0.0234. The number of ether oxygens (including phenoxy) is 1. The number of pyridine rings is 2. The van der Waals surface area contributed by atoms with Crippen LogP contribution in [-0.2, 0) is 60.4 Å². The third-order valence-corrected chi connectivity index (χ3v) is 10.0. The SMILES string of the molecule is CC[C@@]1(O)C(=O)OCc2c1cc1n(c2=O)Cc2c-1nc1cc(F)c(C)cc1c2CN=NNC(C)NC(=O)CNC(=O)[C@@H](Cc1ccccc1)NC(=O)CNC(=O)CN. The van der Waals surface area contributed by atoms with Crippen LogP contribution in [0.15, 0.2) is 63.7 Å². The van der Waals surface area contributed by atoms with Crippen molar-refractivity contribution in [3.8, 4) is 11.4 Å². The number of cyclic esters (lactones) is 1. The van der Waals surface area contributed by atoms with Crippen molar-refractivity contribution in [3.63, 3.8) is 0 Å². The maximum absolute atomic E-state index is 14.8. The summed E-state index contributed by atoms with van der Waals surface area (Å²) in [4.78, 5) is 80.9. The molecule has 4 aromatic rings. The van der Waals surface area contributed by atoms with Crippen molar-refractivity contribution >= 4 is 40.5 Å². The number of hydrogen-bond acceptors (Lipinski definition) is 12. The molecule has 2 aromatic carbocycles. The number of hydrogen-bond donors (Lipinski definition) is 7. The molecule has 0 radical (unpaired) electrons. The van der Waals surface area contributed by atoms with Gasteiger partial charge < -0.3 is 41.4 Å². The lowest BCUT2D eigenvalue weighted by Gasteiger charge is -2.31. The summed E-state index contributed by atoms with van der Waals surface area (Å²) in [6.07, 6.45) is -0.659. The first-order valence-corrected chi connectivity index (χ1v) is 18.5. The number of aliphatic hydroxyl groups is 1. The number of aromatic nitrogens is 2. The number of carbonyl (C=O) groups is 5. The van der Waals surface area contributed by atoms with E-state index in [1.165, 1.54) is 10.6 Å². The topological polar surface area (TPSA) is 261 Å². The molecular formula is C39H43FN10O8. The number of benzene rings is 2. The predicted molar refractivity (Wildman–Crippen MR) is 206 cm³/mol. The summed E-state index contributed by atoms with van der Waals surface area (Å²) in [7, 11) is 0. The molecule has 1 unspecified atom stereocenters. The van der Waals surface area contributed by atoms with Crippen LogP contribution in [0.3, 0.4) is 0 Å². The zero-order valence-corrected chi connectivity index (χ0v) is 32.0. The number of fused-ring (bicyclic) bond motifs is 5. The Labute approximate surface area is 330 Å². The van der Waals surface area contributed by atoms with E-state index in [-0.39, 0.29) is 56.8 Å². The summed E-state index contributed by atoms with van der Waals surface area (Å²) in [6.45, 7) is 3.46. The van der Waals surface area contributed by atoms with Crippen LogP contribution in [-0.4, -0.2) is 76.1 Å². The van der Waals surface area contributed by atoms with Gasteiger partial charge in [0.1, 0.15) is 24.6 Å². The summed E-state index contributed by atoms with van der Waals surface area (Å²) in [6, 6.07) is 12.4. The summed E-state index contributed by atoms with van der Waals surface area (Å²) < 4.78 is 21.5. The molecular weight excluding hydrogens is 755 g/mol. The van der Waals surface area contributed by atoms with E-state index in [1.807, 2.05) is 0 Å². The fraction of sp³-hybridized carbons (Fsp3) is 0.359. The first-order valence-electron chi connectivity index (χ1n) is 18.5. The van der Waals surface area contributed by atoms with E-state index in [1.54, 1.807) is 63.2 Å². The van der Waals surface area contributed by atoms with E-state index in [9.17, 15) is 38.3 Å². The molecule has 2 aromatic heterocycles. The Morgan fingerprint density at radius 3 is 2.48 bits per heavy atom. The van der Waals surface area contributed by atoms with Crippen LogP contribution in [0, 0.1) is 12.7 Å². The molecule has 3 atom stereocenters. The van der Waals surface area contributed by atoms with Crippen LogP contribution in [0.2, 0.25) is 0 Å². The van der Waals surface area contributed by atoms with Crippen molar-refractivity contribution in [2.45, 2.75) is 71.1 Å². The van der Waals surface area contributed by atoms with Gasteiger partial charge in [-0.25, -0.2) is 14.2 Å². The van der Waals surface area contributed by atoms with E-state index in [0.717, 1.165) is 5.56 Å². The summed E-state index contributed by atoms with van der Waals surface area (Å²) >= 11 is 0. The molecule has 2 aliphatic rings. The largest absolute Gasteiger partial charge is 0.458 e. The van der Waals surface area contributed by atoms with Gasteiger partial charge in [-0.15, -0.1) is 0 Å². The Hall–Kier alpha value is -6.60. The van der Waals surface area contributed by atoms with Gasteiger partial charge in [-0.3, -0.25) is 29.4 Å². The normalized spacial score (nSPS) is 16.4. The van der Waals surface area contributed by atoms with Gasteiger partial charge in [0.15, 0.2) is 5.60 Å². The number of esters is 1. The van der Waals surface area contributed by atoms with Crippen molar-refractivity contribution in [1.29, 1.82) is 0 Å². The molecule has 0 saturated heterocycles. The molecule has 0 fully saturated rings. The molecule has 0 saturated carbocycles. The molecule has 0 bridgehead atoms. The zero-order valence-electron chi connectivity index (χ0n) is 32.0. The third kappa shape index (κ3) is 8.54. The van der Waals surface area contributed by atoms with Crippen LogP contribution in [0.25, 0.3) is 22.3 Å². The minimum Gasteiger partial charge on any atom is -0.458 e. The molecule has 304 valence electrons. The number of rotatable bonds is 15. The highest BCUT2D eigenvalue weighted by molar-refractivity contribution is 5.93. The number of amides is 4. The molecule has 8 N–H and O–H groups in total. The highest BCUT2D eigenvalue weighted by Crippen LogP contribution is 2.40. The fourth-order valence-electron chi connectivity index (χ4n) is 6.88. The maximum Gasteiger partial charge on any atom is 0.343 e. The average Bonchev–Trinajstić information content (AvgIpc) is 3.58. The second-order valence-corrected chi connectivity index (χ2v) is 14.0. The van der Waals surface area contributed by atoms with Gasteiger partial charge in [-0.2, -0.15) is 5.11 Å². The molecule has 0 aliphatic carbocycles. The lowest BCUT2D eigenvalue weighted by Crippen LogP contribution is -2.53. The lowest BCUT2D eigenvalue weighted by molar-refractivity contribution is -0.172. The van der Waals surface area contributed by atoms with Crippen molar-refractivity contribution < 1.29 is 38.2 Å². The monoisotopic (exact) mass is 798 g/mol. The number of nitrogens with one attached hydrogen (secondary N) is 5. The van der Waals surface area contributed by atoms with Gasteiger partial charge in [-0.05, 0) is 49.1 Å². The van der Waals surface area contributed by atoms with E-state index >= 15 is 0 Å². The fourth-order valence-corrected chi connectivity index (χ4v) is 6.88. The number of nitrogens with zero attached hydrogens (tertiary/aromatic N) is 4. The number of halogens is 1. The van der Waals surface area contributed by atoms with Crippen molar-refractivity contribution in [1.82, 2.24) is 36.2 Å². The maximum atomic E-state index is 14.8. The molecule has 0 spiro atoms. The molecule has 19 heteroatoms. The highest BCUT2D eigenvalue weighted by atomic mass is 19.1. The lowest BCUT2D eigenvalue weighted by atomic mass is 9.86. The van der Waals surface area contributed by atoms with Gasteiger partial charge in [-0.1, -0.05) is 42.5 Å². The smallest absolute Gasteiger partial charge is 0.343 e. The first-order chi connectivity index (χ1) is 27.7. The van der Waals surface area contributed by atoms with Crippen LogP contribution in [0.1, 0.15) is 53.6 Å². The second kappa shape index (κ2) is 17.3. The van der Waals surface area contributed by atoms with Gasteiger partial charge >= 0.3 is 5.97 Å². The van der Waals surface area contributed by atoms with Gasteiger partial charge in [0.05, 0.1) is 55.2 Å². The minimum atomic E-state index is -2.01. The number of carbonyl (C=O) groups excluding carboxylic acids is 5. The van der Waals surface area contributed by atoms with Crippen LogP contribution in [0.5, 0.6) is 0 Å². The predicted octanol–water partition coefficient (Wildman–Crippen LogP) is 0.365. The van der Waals surface area contributed by atoms with Gasteiger partial charge in [0, 0.05) is 29.0 Å². The van der Waals surface area contributed by atoms with Crippen LogP contribution >= 0.6 is 0 Å². The molecule has 18 nitrogen and oxygen atoms in total. The van der Waals surface area contributed by atoms with Crippen molar-refractivity contribution in [2.24, 2.45) is 16.1 Å². The Morgan fingerprint density at radius 1 is 1.03 bits per heavy atom. The Kier molecular flexibility index (Phi) is 12.2. The molecule has 2 aliphatic heterocycles. The highest BCUT2D eigenvalue weighted by Gasteiger charge is 2.45. The molecule has 6 rings (SSSR count). The number of nitrogens with two attached hydrogens (primary N) is 1. The van der Waals surface area contributed by atoms with Gasteiger partial charge in [0.25, 0.3) is 5.56 Å². The zero-order chi connectivity index (χ0) is 41.7. The summed E-state index contributed by atoms with van der Waals surface area (Å²) in [5.41, 5.74) is 9.22. The third-order valence-electron chi connectivity index (χ3n) is 10.0. The van der Waals surface area contributed by atoms with Gasteiger partial charge in [0.2, 0.25) is 23.6 Å². The first kappa shape index (κ1) is 41.0. The standard InChI is InChI=1S/C39H43FN10O8/c1-4-39(57)27-12-31-35-25(18-50(31)37(55)26(27)19-58-38(39)56)24(23-10-20(2)28(40)13-29(23)47-35)15-44-49-48-21(3)45-33(52)17-43-36(54)30(11-22-8-6-5-7-9-22)46-34(53)16-42-32(51)14-41/h5-10,12-13,21,30,57H,4,11,14-19,41H2,1-3H3,(H,42,51)(H,43,54)(H,44,48)(H,45,52)(H,46,53)/t21?,30-,39+/m1/s1. The molecule has 58 heavy (non-hydrogen) atoms. The Bertz CT molecular complexity index is 2390. The van der Waals surface area contributed by atoms with E-state index in [2.05, 4.69) is 37.0 Å². The molecule has 4 amide bonds. The van der Waals surface area contributed by atoms with Crippen molar-refractivity contribution in [2.75, 3.05) is 19.6 Å². The van der Waals surface area contributed by atoms with E-state index < -0.39 is 65.3 Å². The summed E-state index contributed by atoms with van der Waals surface area (Å²) in [5.74, 6) is -3.69. The summed E-state index contributed by atoms with van der Waals surface area (Å²) in [5, 5.41) is 30.2. The Balaban J connectivity index is 1.12. The van der Waals surface area contributed by atoms with E-state index in [0.29, 0.717) is 39.0 Å². The van der Waals surface area contributed by atoms with E-state index in [4.69, 9.17) is 15.5 Å². The quantitative estimate of drug-likeness (QED) is 0.0329. The Morgan fingerprint density at radius 2 is 1.76 bits per heavy atom. The average molecular weight is 799 g/mol. The number of aryl methyl sites for hydroxylation is 1. The van der Waals surface area contributed by atoms with Crippen molar-refractivity contribution in [3.05, 3.63) is 98.1 Å².